The summed E-state index contributed by atoms with van der Waals surface area (Å²) in [4.78, 5) is 14.0. The number of aryl methyl sites for hydroxylation is 1. The Morgan fingerprint density at radius 1 is 1.15 bits per heavy atom. The average Bonchev–Trinajstić information content (AvgIpc) is 2.71. The van der Waals surface area contributed by atoms with Gasteiger partial charge in [0.2, 0.25) is 0 Å². The molecule has 3 aliphatic rings. The fraction of sp³-hybridized carbons (Fsp3) is 0.690. The van der Waals surface area contributed by atoms with Crippen molar-refractivity contribution in [3.8, 4) is 5.75 Å². The van der Waals surface area contributed by atoms with Crippen molar-refractivity contribution >= 4 is 14.1 Å². The molecule has 5 heteroatoms. The molecule has 0 heterocycles. The van der Waals surface area contributed by atoms with Crippen LogP contribution in [0.15, 0.2) is 24.3 Å². The number of Topliss-reactive ketones (excluding diaryl/α,β-unsaturated/α-hetero) is 1. The molecule has 1 aromatic carbocycles. The Kier molecular flexibility index (Phi) is 6.49. The Morgan fingerprint density at radius 3 is 2.50 bits per heavy atom. The van der Waals surface area contributed by atoms with Crippen LogP contribution in [-0.4, -0.2) is 34.1 Å². The number of methoxy groups -OCH3 is 1. The maximum atomic E-state index is 14.0. The summed E-state index contributed by atoms with van der Waals surface area (Å²) in [6.45, 7) is 18.7. The summed E-state index contributed by atoms with van der Waals surface area (Å²) in [5, 5.41) is 0.143. The van der Waals surface area contributed by atoms with E-state index in [-0.39, 0.29) is 34.7 Å². The molecule has 0 aliphatic heterocycles. The molecule has 1 aromatic rings. The first kappa shape index (κ1) is 25.7. The lowest BCUT2D eigenvalue weighted by Crippen LogP contribution is -2.63. The van der Waals surface area contributed by atoms with Crippen LogP contribution in [0.3, 0.4) is 0 Å². The van der Waals surface area contributed by atoms with Crippen molar-refractivity contribution in [1.82, 2.24) is 0 Å². The lowest BCUT2D eigenvalue weighted by atomic mass is 9.44. The molecule has 3 aliphatic carbocycles. The van der Waals surface area contributed by atoms with Gasteiger partial charge in [0.05, 0.1) is 0 Å². The monoisotopic (exact) mass is 484 g/mol. The van der Waals surface area contributed by atoms with Gasteiger partial charge in [0.25, 0.3) is 0 Å². The van der Waals surface area contributed by atoms with E-state index in [1.165, 1.54) is 5.56 Å². The Hall–Kier alpha value is -1.43. The lowest BCUT2D eigenvalue weighted by Gasteiger charge is -2.62. The quantitative estimate of drug-likeness (QED) is 0.264. The van der Waals surface area contributed by atoms with Gasteiger partial charge in [-0.25, -0.2) is 0 Å². The molecule has 0 bridgehead atoms. The molecule has 4 nitrogen and oxygen atoms in total. The van der Waals surface area contributed by atoms with Crippen molar-refractivity contribution in [1.29, 1.82) is 0 Å². The summed E-state index contributed by atoms with van der Waals surface area (Å²) in [7, 11) is -0.358. The molecule has 0 radical (unpaired) electrons. The van der Waals surface area contributed by atoms with Crippen molar-refractivity contribution < 1.29 is 18.7 Å². The van der Waals surface area contributed by atoms with E-state index in [0.29, 0.717) is 18.1 Å². The van der Waals surface area contributed by atoms with Gasteiger partial charge in [-0.05, 0) is 72.8 Å². The molecule has 0 saturated heterocycles. The lowest BCUT2D eigenvalue weighted by molar-refractivity contribution is -0.147. The topological polar surface area (TPSA) is 44.8 Å². The first-order valence-corrected chi connectivity index (χ1v) is 15.8. The number of ether oxygens (including phenoxy) is 2. The van der Waals surface area contributed by atoms with Crippen molar-refractivity contribution in [3.05, 3.63) is 41.0 Å². The van der Waals surface area contributed by atoms with Gasteiger partial charge >= 0.3 is 0 Å². The highest BCUT2D eigenvalue weighted by atomic mass is 28.4. The zero-order valence-electron chi connectivity index (χ0n) is 22.7. The second-order valence-corrected chi connectivity index (χ2v) is 17.7. The highest BCUT2D eigenvalue weighted by molar-refractivity contribution is 6.74. The van der Waals surface area contributed by atoms with Gasteiger partial charge in [-0.3, -0.25) is 4.79 Å². The van der Waals surface area contributed by atoms with E-state index in [1.807, 2.05) is 0 Å². The van der Waals surface area contributed by atoms with Crippen LogP contribution in [-0.2, 0) is 25.8 Å². The van der Waals surface area contributed by atoms with Crippen molar-refractivity contribution in [2.24, 2.45) is 17.3 Å². The number of rotatable bonds is 5. The Balaban J connectivity index is 1.86. The maximum absolute atomic E-state index is 14.0. The van der Waals surface area contributed by atoms with Gasteiger partial charge in [0.1, 0.15) is 11.5 Å². The molecule has 1 fully saturated rings. The van der Waals surface area contributed by atoms with Crippen LogP contribution in [0.2, 0.25) is 18.1 Å². The van der Waals surface area contributed by atoms with Crippen LogP contribution in [0, 0.1) is 24.2 Å². The predicted octanol–water partition coefficient (Wildman–Crippen LogP) is 6.74. The molecule has 188 valence electrons. The Labute approximate surface area is 207 Å². The van der Waals surface area contributed by atoms with Crippen LogP contribution in [0.25, 0.3) is 0 Å². The summed E-state index contributed by atoms with van der Waals surface area (Å²) >= 11 is 0. The highest BCUT2D eigenvalue weighted by Gasteiger charge is 2.63. The van der Waals surface area contributed by atoms with E-state index in [2.05, 4.69) is 78.9 Å². The zero-order valence-corrected chi connectivity index (χ0v) is 23.7. The summed E-state index contributed by atoms with van der Waals surface area (Å²) in [5.74, 6) is 1.50. The molecular weight excluding hydrogens is 440 g/mol. The van der Waals surface area contributed by atoms with Crippen LogP contribution < -0.4 is 4.74 Å². The van der Waals surface area contributed by atoms with Gasteiger partial charge in [-0.2, -0.15) is 0 Å². The van der Waals surface area contributed by atoms with Gasteiger partial charge in [0, 0.05) is 36.5 Å². The second-order valence-electron chi connectivity index (χ2n) is 13.0. The molecule has 5 atom stereocenters. The van der Waals surface area contributed by atoms with Crippen molar-refractivity contribution in [3.63, 3.8) is 0 Å². The second kappa shape index (κ2) is 8.60. The number of ketones is 1. The number of fused-ring (bicyclic) bond motifs is 5. The van der Waals surface area contributed by atoms with E-state index in [4.69, 9.17) is 13.9 Å². The van der Waals surface area contributed by atoms with Gasteiger partial charge < -0.3 is 13.9 Å². The van der Waals surface area contributed by atoms with Gasteiger partial charge in [-0.1, -0.05) is 52.8 Å². The fourth-order valence-corrected chi connectivity index (χ4v) is 8.34. The van der Waals surface area contributed by atoms with Crippen molar-refractivity contribution in [2.45, 2.75) is 96.9 Å². The minimum absolute atomic E-state index is 0.0150. The molecule has 0 unspecified atom stereocenters. The molecular formula is C29H44O4Si. The Morgan fingerprint density at radius 2 is 1.85 bits per heavy atom. The maximum Gasteiger partial charge on any atom is 0.192 e. The molecule has 34 heavy (non-hydrogen) atoms. The van der Waals surface area contributed by atoms with E-state index >= 15 is 0 Å². The summed E-state index contributed by atoms with van der Waals surface area (Å²) in [5.41, 5.74) is 3.09. The van der Waals surface area contributed by atoms with Gasteiger partial charge in [0.15, 0.2) is 15.1 Å². The van der Waals surface area contributed by atoms with E-state index in [9.17, 15) is 4.79 Å². The molecule has 4 rings (SSSR count). The number of hydrogen-bond acceptors (Lipinski definition) is 4. The van der Waals surface area contributed by atoms with Crippen LogP contribution in [0.5, 0.6) is 5.75 Å². The number of allylic oxidation sites excluding steroid dienone is 2. The SMILES string of the molecule is COCOc1cc(C)cc2c1CC(=O)[C@@H]1[C@]3(C)CC=CC[C@@H]3[C@H](O[Si](C)(C)C(C)(C)C)C[C@@]21C. The number of benzene rings is 1. The van der Waals surface area contributed by atoms with Gasteiger partial charge in [-0.15, -0.1) is 0 Å². The predicted molar refractivity (Wildman–Crippen MR) is 140 cm³/mol. The third-order valence-electron chi connectivity index (χ3n) is 9.56. The summed E-state index contributed by atoms with van der Waals surface area (Å²) < 4.78 is 18.4. The first-order valence-electron chi connectivity index (χ1n) is 12.9. The zero-order chi connectivity index (χ0) is 25.1. The minimum atomic E-state index is -1.99. The number of carbonyl (C=O) groups is 1. The molecule has 1 saturated carbocycles. The van der Waals surface area contributed by atoms with Crippen LogP contribution >= 0.6 is 0 Å². The standard InChI is InChI=1S/C29H44O4Si/c1-19-14-22-20(24(15-19)32-18-31-7)16-23(30)26-28(5)13-11-10-12-21(28)25(17-29(22,26)6)33-34(8,9)27(2,3)4/h10-11,14-15,21,25-26H,12-13,16-18H2,1-9H3/t21-,25-,26-,28-,29+/m1/s1. The number of carbonyl (C=O) groups excluding carboxylic acids is 1. The van der Waals surface area contributed by atoms with E-state index in [1.54, 1.807) is 7.11 Å². The molecule has 0 N–H and O–H groups in total. The molecule has 0 spiro atoms. The molecule has 0 aromatic heterocycles. The smallest absolute Gasteiger partial charge is 0.192 e. The van der Waals surface area contributed by atoms with E-state index < -0.39 is 8.32 Å². The van der Waals surface area contributed by atoms with Crippen molar-refractivity contribution in [2.75, 3.05) is 13.9 Å². The van der Waals surface area contributed by atoms with E-state index in [0.717, 1.165) is 36.1 Å². The normalized spacial score (nSPS) is 33.2. The third-order valence-corrected chi connectivity index (χ3v) is 14.1. The molecule has 0 amide bonds. The average molecular weight is 485 g/mol. The highest BCUT2D eigenvalue weighted by Crippen LogP contribution is 2.63. The summed E-state index contributed by atoms with van der Waals surface area (Å²) in [6, 6.07) is 4.36. The first-order chi connectivity index (χ1) is 15.7. The summed E-state index contributed by atoms with van der Waals surface area (Å²) in [6.07, 6.45) is 8.02. The number of hydrogen-bond donors (Lipinski definition) is 0. The van der Waals surface area contributed by atoms with Crippen LogP contribution in [0.1, 0.15) is 70.6 Å². The fourth-order valence-electron chi connectivity index (χ4n) is 6.98. The Bertz CT molecular complexity index is 991. The largest absolute Gasteiger partial charge is 0.467 e. The van der Waals surface area contributed by atoms with Crippen LogP contribution in [0.4, 0.5) is 0 Å². The minimum Gasteiger partial charge on any atom is -0.467 e. The third kappa shape index (κ3) is 4.02.